The molecule has 0 radical (unpaired) electrons. The van der Waals surface area contributed by atoms with Crippen LogP contribution in [0.5, 0.6) is 0 Å². The summed E-state index contributed by atoms with van der Waals surface area (Å²) < 4.78 is 106. The molecule has 0 fully saturated rings. The number of hydrogen-bond acceptors (Lipinski definition) is 4. The fourth-order valence-corrected chi connectivity index (χ4v) is 4.13. The summed E-state index contributed by atoms with van der Waals surface area (Å²) in [6.45, 7) is 0. The van der Waals surface area contributed by atoms with E-state index < -0.39 is 44.6 Å². The molecule has 0 bridgehead atoms. The monoisotopic (exact) mass is 438 g/mol. The summed E-state index contributed by atoms with van der Waals surface area (Å²) in [6, 6.07) is 0.785. The Labute approximate surface area is 160 Å². The third-order valence-electron chi connectivity index (χ3n) is 4.13. The van der Waals surface area contributed by atoms with Crippen molar-refractivity contribution in [2.75, 3.05) is 7.05 Å². The molecule has 13 heteroatoms. The minimum Gasteiger partial charge on any atom is -0.273 e. The minimum atomic E-state index is -5.10. The quantitative estimate of drug-likeness (QED) is 0.583. The van der Waals surface area contributed by atoms with E-state index in [2.05, 4.69) is 9.97 Å². The molecule has 1 atom stereocenters. The molecule has 29 heavy (non-hydrogen) atoms. The van der Waals surface area contributed by atoms with Gasteiger partial charge >= 0.3 is 12.4 Å². The zero-order valence-corrected chi connectivity index (χ0v) is 15.3. The summed E-state index contributed by atoms with van der Waals surface area (Å²) in [7, 11) is -4.04. The highest BCUT2D eigenvalue weighted by Gasteiger charge is 2.48. The van der Waals surface area contributed by atoms with Crippen molar-refractivity contribution < 1.29 is 34.8 Å². The molecule has 0 aliphatic rings. The van der Waals surface area contributed by atoms with Crippen molar-refractivity contribution in [3.05, 3.63) is 60.0 Å². The van der Waals surface area contributed by atoms with E-state index >= 15 is 0 Å². The van der Waals surface area contributed by atoms with E-state index in [0.717, 1.165) is 10.6 Å². The average molecular weight is 438 g/mol. The van der Waals surface area contributed by atoms with Crippen LogP contribution in [0, 0.1) is 0 Å². The van der Waals surface area contributed by atoms with Crippen LogP contribution in [0.25, 0.3) is 5.78 Å². The molecule has 0 aliphatic heterocycles. The van der Waals surface area contributed by atoms with Gasteiger partial charge in [-0.25, -0.2) is 18.4 Å². The lowest BCUT2D eigenvalue weighted by Gasteiger charge is -2.29. The molecule has 0 unspecified atom stereocenters. The molecule has 0 saturated carbocycles. The van der Waals surface area contributed by atoms with Gasteiger partial charge in [-0.15, -0.1) is 0 Å². The van der Waals surface area contributed by atoms with E-state index in [1.807, 2.05) is 0 Å². The number of fused-ring (bicyclic) bond motifs is 1. The molecular weight excluding hydrogens is 426 g/mol. The van der Waals surface area contributed by atoms with Crippen molar-refractivity contribution in [3.8, 4) is 0 Å². The molecule has 1 aromatic carbocycles. The summed E-state index contributed by atoms with van der Waals surface area (Å²) in [5, 5.41) is -0.565. The van der Waals surface area contributed by atoms with Crippen LogP contribution in [0.1, 0.15) is 17.2 Å². The van der Waals surface area contributed by atoms with E-state index in [0.29, 0.717) is 31.3 Å². The van der Waals surface area contributed by atoms with Crippen molar-refractivity contribution in [1.29, 1.82) is 0 Å². The van der Waals surface area contributed by atoms with Gasteiger partial charge in [-0.05, 0) is 23.8 Å². The van der Waals surface area contributed by atoms with Crippen molar-refractivity contribution in [3.63, 3.8) is 0 Å². The second-order valence-corrected chi connectivity index (χ2v) is 7.92. The molecule has 3 aromatic rings. The first-order valence-corrected chi connectivity index (χ1v) is 9.27. The largest absolute Gasteiger partial charge is 0.416 e. The van der Waals surface area contributed by atoms with Gasteiger partial charge < -0.3 is 0 Å². The number of benzene rings is 1. The zero-order chi connectivity index (χ0) is 21.6. The lowest BCUT2D eigenvalue weighted by molar-refractivity contribution is -0.171. The van der Waals surface area contributed by atoms with Gasteiger partial charge in [0.25, 0.3) is 10.0 Å². The van der Waals surface area contributed by atoms with E-state index in [1.165, 1.54) is 18.5 Å². The Bertz CT molecular complexity index is 1120. The predicted octanol–water partition coefficient (Wildman–Crippen LogP) is 3.67. The molecule has 6 nitrogen and oxygen atoms in total. The number of rotatable bonds is 4. The van der Waals surface area contributed by atoms with Crippen LogP contribution in [0.4, 0.5) is 26.3 Å². The van der Waals surface area contributed by atoms with Crippen molar-refractivity contribution in [2.45, 2.75) is 23.4 Å². The Morgan fingerprint density at radius 2 is 1.66 bits per heavy atom. The smallest absolute Gasteiger partial charge is 0.273 e. The van der Waals surface area contributed by atoms with Crippen molar-refractivity contribution in [2.24, 2.45) is 0 Å². The second kappa shape index (κ2) is 6.99. The van der Waals surface area contributed by atoms with Gasteiger partial charge in [-0.2, -0.15) is 30.6 Å². The maximum atomic E-state index is 13.7. The highest BCUT2D eigenvalue weighted by molar-refractivity contribution is 7.89. The summed E-state index contributed by atoms with van der Waals surface area (Å²) in [4.78, 5) is 7.54. The summed E-state index contributed by atoms with van der Waals surface area (Å²) in [6.07, 6.45) is -6.40. The topological polar surface area (TPSA) is 67.6 Å². The number of nitrogens with zero attached hydrogens (tertiary/aromatic N) is 4. The van der Waals surface area contributed by atoms with E-state index in [-0.39, 0.29) is 10.1 Å². The maximum absolute atomic E-state index is 13.7. The SMILES string of the molecule is CN([C@H](c1ccc(C(F)(F)F)cc1)C(F)(F)F)S(=O)(=O)c1cnc2ncccn12. The molecular formula is C16H12F6N4O2S. The van der Waals surface area contributed by atoms with Crippen LogP contribution < -0.4 is 0 Å². The van der Waals surface area contributed by atoms with Gasteiger partial charge in [0.2, 0.25) is 5.78 Å². The Morgan fingerprint density at radius 3 is 2.21 bits per heavy atom. The van der Waals surface area contributed by atoms with Gasteiger partial charge in [0.1, 0.15) is 6.04 Å². The summed E-state index contributed by atoms with van der Waals surface area (Å²) in [5.74, 6) is -0.0439. The summed E-state index contributed by atoms with van der Waals surface area (Å²) in [5.41, 5.74) is -1.82. The fourth-order valence-electron chi connectivity index (χ4n) is 2.74. The van der Waals surface area contributed by atoms with Crippen molar-refractivity contribution in [1.82, 2.24) is 18.7 Å². The lowest BCUT2D eigenvalue weighted by atomic mass is 10.0. The van der Waals surface area contributed by atoms with Crippen LogP contribution >= 0.6 is 0 Å². The van der Waals surface area contributed by atoms with Crippen LogP contribution in [0.15, 0.2) is 53.9 Å². The van der Waals surface area contributed by atoms with Crippen LogP contribution in [0.2, 0.25) is 0 Å². The molecule has 156 valence electrons. The summed E-state index contributed by atoms with van der Waals surface area (Å²) >= 11 is 0. The number of aromatic nitrogens is 3. The zero-order valence-electron chi connectivity index (χ0n) is 14.5. The molecule has 0 saturated heterocycles. The van der Waals surface area contributed by atoms with Gasteiger partial charge in [-0.3, -0.25) is 4.40 Å². The Hall–Kier alpha value is -2.67. The number of imidazole rings is 1. The number of sulfonamides is 1. The van der Waals surface area contributed by atoms with Crippen LogP contribution in [-0.4, -0.2) is 40.3 Å². The van der Waals surface area contributed by atoms with E-state index in [4.69, 9.17) is 0 Å². The lowest BCUT2D eigenvalue weighted by Crippen LogP contribution is -2.40. The van der Waals surface area contributed by atoms with Crippen molar-refractivity contribution >= 4 is 15.8 Å². The number of alkyl halides is 6. The molecule has 3 rings (SSSR count). The van der Waals surface area contributed by atoms with Crippen LogP contribution in [0.3, 0.4) is 0 Å². The third kappa shape index (κ3) is 3.92. The van der Waals surface area contributed by atoms with E-state index in [9.17, 15) is 34.8 Å². The fraction of sp³-hybridized carbons (Fsp3) is 0.250. The maximum Gasteiger partial charge on any atom is 0.416 e. The number of halogens is 6. The highest BCUT2D eigenvalue weighted by Crippen LogP contribution is 2.40. The first kappa shape index (κ1) is 21.0. The highest BCUT2D eigenvalue weighted by atomic mass is 32.2. The Kier molecular flexibility index (Phi) is 5.07. The third-order valence-corrected chi connectivity index (χ3v) is 5.93. The first-order chi connectivity index (χ1) is 13.3. The molecule has 2 heterocycles. The van der Waals surface area contributed by atoms with Gasteiger partial charge in [0, 0.05) is 19.4 Å². The van der Waals surface area contributed by atoms with Gasteiger partial charge in [0.05, 0.1) is 11.8 Å². The second-order valence-electron chi connectivity index (χ2n) is 5.97. The first-order valence-electron chi connectivity index (χ1n) is 7.83. The Morgan fingerprint density at radius 1 is 1.03 bits per heavy atom. The van der Waals surface area contributed by atoms with Gasteiger partial charge in [0.15, 0.2) is 5.03 Å². The van der Waals surface area contributed by atoms with Gasteiger partial charge in [-0.1, -0.05) is 12.1 Å². The normalized spacial score (nSPS) is 14.5. The predicted molar refractivity (Wildman–Crippen MR) is 88.2 cm³/mol. The van der Waals surface area contributed by atoms with Crippen LogP contribution in [-0.2, 0) is 16.2 Å². The molecule has 0 amide bonds. The standard InChI is InChI=1S/C16H12F6N4O2S/c1-25(29(27,28)12-9-24-14-23-7-2-8-26(12)14)13(16(20,21)22)10-3-5-11(6-4-10)15(17,18)19/h2-9,13H,1H3/t13-/m1/s1. The average Bonchev–Trinajstić information content (AvgIpc) is 3.05. The molecule has 0 spiro atoms. The van der Waals surface area contributed by atoms with E-state index in [1.54, 1.807) is 0 Å². The number of hydrogen-bond donors (Lipinski definition) is 0. The molecule has 0 N–H and O–H groups in total. The molecule has 0 aliphatic carbocycles. The molecule has 2 aromatic heterocycles. The minimum absolute atomic E-state index is 0.0439. The Balaban J connectivity index is 2.07.